The number of anilines is 1. The lowest BCUT2D eigenvalue weighted by Gasteiger charge is -2.08. The fourth-order valence-electron chi connectivity index (χ4n) is 1.96. The van der Waals surface area contributed by atoms with Gasteiger partial charge < -0.3 is 19.9 Å². The van der Waals surface area contributed by atoms with Crippen LogP contribution in [0, 0.1) is 0 Å². The van der Waals surface area contributed by atoms with E-state index in [1.807, 2.05) is 0 Å². The lowest BCUT2D eigenvalue weighted by Crippen LogP contribution is -2.12. The van der Waals surface area contributed by atoms with Crippen LogP contribution < -0.4 is 5.32 Å². The van der Waals surface area contributed by atoms with E-state index < -0.39 is 11.9 Å². The summed E-state index contributed by atoms with van der Waals surface area (Å²) in [7, 11) is 0. The first-order valence-corrected chi connectivity index (χ1v) is 6.25. The Hall–Kier alpha value is -3.35. The van der Waals surface area contributed by atoms with Crippen LogP contribution >= 0.6 is 0 Å². The van der Waals surface area contributed by atoms with Gasteiger partial charge in [0, 0.05) is 5.56 Å². The molecule has 3 aromatic rings. The van der Waals surface area contributed by atoms with Crippen LogP contribution in [0.4, 0.5) is 5.69 Å². The van der Waals surface area contributed by atoms with E-state index in [9.17, 15) is 14.7 Å². The van der Waals surface area contributed by atoms with Gasteiger partial charge in [0.15, 0.2) is 12.0 Å². The summed E-state index contributed by atoms with van der Waals surface area (Å²) < 4.78 is 5.08. The molecule has 22 heavy (non-hydrogen) atoms. The van der Waals surface area contributed by atoms with Crippen LogP contribution in [-0.4, -0.2) is 27.1 Å². The highest BCUT2D eigenvalue weighted by molar-refractivity contribution is 6.07. The van der Waals surface area contributed by atoms with Crippen molar-refractivity contribution in [2.24, 2.45) is 0 Å². The highest BCUT2D eigenvalue weighted by Crippen LogP contribution is 2.25. The number of nitrogens with one attached hydrogen (secondary N) is 1. The first kappa shape index (κ1) is 13.6. The van der Waals surface area contributed by atoms with Crippen molar-refractivity contribution in [3.05, 3.63) is 53.9 Å². The summed E-state index contributed by atoms with van der Waals surface area (Å²) in [6, 6.07) is 8.32. The molecule has 0 bridgehead atoms. The van der Waals surface area contributed by atoms with Crippen LogP contribution in [0.3, 0.4) is 0 Å². The van der Waals surface area contributed by atoms with Crippen LogP contribution in [0.15, 0.2) is 47.2 Å². The zero-order valence-corrected chi connectivity index (χ0v) is 11.1. The van der Waals surface area contributed by atoms with Crippen LogP contribution in [-0.2, 0) is 0 Å². The number of phenols is 1. The Labute approximate surface area is 123 Å². The number of amides is 1. The van der Waals surface area contributed by atoms with Crippen molar-refractivity contribution >= 4 is 28.7 Å². The number of benzene rings is 2. The van der Waals surface area contributed by atoms with Crippen molar-refractivity contribution in [2.75, 3.05) is 5.32 Å². The van der Waals surface area contributed by atoms with Crippen molar-refractivity contribution in [3.63, 3.8) is 0 Å². The summed E-state index contributed by atoms with van der Waals surface area (Å²) >= 11 is 0. The molecule has 1 aromatic heterocycles. The molecule has 3 N–H and O–H groups in total. The van der Waals surface area contributed by atoms with Crippen molar-refractivity contribution in [2.45, 2.75) is 0 Å². The molecule has 3 rings (SSSR count). The predicted octanol–water partition coefficient (Wildman–Crippen LogP) is 2.48. The molecule has 0 atom stereocenters. The number of carbonyl (C=O) groups is 2. The minimum atomic E-state index is -1.15. The Bertz CT molecular complexity index is 885. The number of hydrogen-bond acceptors (Lipinski definition) is 5. The van der Waals surface area contributed by atoms with Gasteiger partial charge in [-0.15, -0.1) is 0 Å². The van der Waals surface area contributed by atoms with E-state index in [0.717, 1.165) is 0 Å². The number of carbonyl (C=O) groups excluding carboxylic acids is 1. The summed E-state index contributed by atoms with van der Waals surface area (Å²) in [6.45, 7) is 0. The van der Waals surface area contributed by atoms with Gasteiger partial charge in [-0.1, -0.05) is 0 Å². The highest BCUT2D eigenvalue weighted by Gasteiger charge is 2.13. The highest BCUT2D eigenvalue weighted by atomic mass is 16.4. The van der Waals surface area contributed by atoms with E-state index in [4.69, 9.17) is 9.52 Å². The molecule has 2 aromatic carbocycles. The summed E-state index contributed by atoms with van der Waals surface area (Å²) in [4.78, 5) is 27.1. The van der Waals surface area contributed by atoms with Crippen molar-refractivity contribution in [1.29, 1.82) is 0 Å². The van der Waals surface area contributed by atoms with Crippen LogP contribution in [0.25, 0.3) is 11.1 Å². The SMILES string of the molecule is O=C(O)c1ccc(O)c(NC(=O)c2ccc3ocnc3c2)c1. The lowest BCUT2D eigenvalue weighted by atomic mass is 10.1. The van der Waals surface area contributed by atoms with Gasteiger partial charge in [-0.05, 0) is 36.4 Å². The first-order chi connectivity index (χ1) is 10.5. The normalized spacial score (nSPS) is 10.5. The maximum Gasteiger partial charge on any atom is 0.335 e. The molecule has 7 nitrogen and oxygen atoms in total. The Morgan fingerprint density at radius 3 is 2.64 bits per heavy atom. The number of aromatic hydroxyl groups is 1. The third-order valence-corrected chi connectivity index (χ3v) is 3.08. The Morgan fingerprint density at radius 1 is 1.09 bits per heavy atom. The number of hydrogen-bond donors (Lipinski definition) is 3. The second-order valence-corrected chi connectivity index (χ2v) is 4.53. The molecular weight excluding hydrogens is 288 g/mol. The molecule has 110 valence electrons. The first-order valence-electron chi connectivity index (χ1n) is 6.25. The van der Waals surface area contributed by atoms with Gasteiger partial charge in [0.1, 0.15) is 11.3 Å². The Kier molecular flexibility index (Phi) is 3.23. The molecule has 0 fully saturated rings. The molecule has 0 aliphatic carbocycles. The molecule has 0 unspecified atom stereocenters. The van der Waals surface area contributed by atoms with Gasteiger partial charge in [-0.25, -0.2) is 9.78 Å². The smallest absolute Gasteiger partial charge is 0.335 e. The predicted molar refractivity (Wildman–Crippen MR) is 77.0 cm³/mol. The van der Waals surface area contributed by atoms with E-state index in [-0.39, 0.29) is 17.0 Å². The summed E-state index contributed by atoms with van der Waals surface area (Å²) in [5.41, 5.74) is 1.36. The summed E-state index contributed by atoms with van der Waals surface area (Å²) in [6.07, 6.45) is 1.27. The maximum absolute atomic E-state index is 12.2. The number of nitrogens with zero attached hydrogens (tertiary/aromatic N) is 1. The molecule has 1 heterocycles. The van der Waals surface area contributed by atoms with E-state index in [2.05, 4.69) is 10.3 Å². The molecule has 7 heteroatoms. The number of rotatable bonds is 3. The minimum Gasteiger partial charge on any atom is -0.506 e. The monoisotopic (exact) mass is 298 g/mol. The van der Waals surface area contributed by atoms with Gasteiger partial charge in [0.2, 0.25) is 0 Å². The standard InChI is InChI=1S/C15H10N2O5/c18-12-3-1-9(15(20)21)6-10(12)17-14(19)8-2-4-13-11(5-8)16-7-22-13/h1-7,18H,(H,17,19)(H,20,21). The van der Waals surface area contributed by atoms with E-state index in [1.165, 1.54) is 30.7 Å². The van der Waals surface area contributed by atoms with E-state index >= 15 is 0 Å². The largest absolute Gasteiger partial charge is 0.506 e. The molecule has 1 amide bonds. The van der Waals surface area contributed by atoms with E-state index in [1.54, 1.807) is 12.1 Å². The lowest BCUT2D eigenvalue weighted by molar-refractivity contribution is 0.0696. The third kappa shape index (κ3) is 2.47. The average Bonchev–Trinajstić information content (AvgIpc) is 2.96. The second kappa shape index (κ2) is 5.21. The van der Waals surface area contributed by atoms with Gasteiger partial charge in [-0.2, -0.15) is 0 Å². The van der Waals surface area contributed by atoms with E-state index in [0.29, 0.717) is 16.7 Å². The molecule has 0 radical (unpaired) electrons. The molecular formula is C15H10N2O5. The molecule has 0 saturated carbocycles. The van der Waals surface area contributed by atoms with Crippen molar-refractivity contribution in [3.8, 4) is 5.75 Å². The second-order valence-electron chi connectivity index (χ2n) is 4.53. The van der Waals surface area contributed by atoms with Gasteiger partial charge in [0.05, 0.1) is 11.3 Å². The number of aromatic carboxylic acids is 1. The molecule has 0 spiro atoms. The minimum absolute atomic E-state index is 0.0187. The van der Waals surface area contributed by atoms with Crippen molar-refractivity contribution < 1.29 is 24.2 Å². The summed E-state index contributed by atoms with van der Waals surface area (Å²) in [5, 5.41) is 21.1. The third-order valence-electron chi connectivity index (χ3n) is 3.08. The number of carboxylic acid groups (broad SMARTS) is 1. The van der Waals surface area contributed by atoms with Gasteiger partial charge in [-0.3, -0.25) is 4.79 Å². The fraction of sp³-hybridized carbons (Fsp3) is 0. The Balaban J connectivity index is 1.90. The number of aromatic nitrogens is 1. The number of phenolic OH excluding ortho intramolecular Hbond substituents is 1. The van der Waals surface area contributed by atoms with Gasteiger partial charge >= 0.3 is 5.97 Å². The van der Waals surface area contributed by atoms with Crippen molar-refractivity contribution in [1.82, 2.24) is 4.98 Å². The van der Waals surface area contributed by atoms with Crippen LogP contribution in [0.2, 0.25) is 0 Å². The zero-order chi connectivity index (χ0) is 15.7. The number of oxazole rings is 1. The summed E-state index contributed by atoms with van der Waals surface area (Å²) in [5.74, 6) is -1.87. The Morgan fingerprint density at radius 2 is 1.86 bits per heavy atom. The quantitative estimate of drug-likeness (QED) is 0.640. The molecule has 0 saturated heterocycles. The fourth-order valence-corrected chi connectivity index (χ4v) is 1.96. The van der Waals surface area contributed by atoms with Crippen LogP contribution in [0.1, 0.15) is 20.7 Å². The number of carboxylic acids is 1. The topological polar surface area (TPSA) is 113 Å². The van der Waals surface area contributed by atoms with Gasteiger partial charge in [0.25, 0.3) is 5.91 Å². The molecule has 0 aliphatic heterocycles. The van der Waals surface area contributed by atoms with Crippen LogP contribution in [0.5, 0.6) is 5.75 Å². The molecule has 0 aliphatic rings. The maximum atomic E-state index is 12.2. The zero-order valence-electron chi connectivity index (χ0n) is 11.1. The average molecular weight is 298 g/mol. The number of fused-ring (bicyclic) bond motifs is 1.